The average Bonchev–Trinajstić information content (AvgIpc) is 3.20. The highest BCUT2D eigenvalue weighted by molar-refractivity contribution is 5.94. The third kappa shape index (κ3) is 4.18. The summed E-state index contributed by atoms with van der Waals surface area (Å²) in [5, 5.41) is 7.11. The quantitative estimate of drug-likeness (QED) is 0.758. The van der Waals surface area contributed by atoms with Crippen LogP contribution in [0.3, 0.4) is 0 Å². The third-order valence-electron chi connectivity index (χ3n) is 4.09. The molecule has 1 aromatic carbocycles. The number of carbonyl (C=O) groups excluding carboxylic acids is 1. The van der Waals surface area contributed by atoms with Crippen LogP contribution in [0.4, 0.5) is 10.1 Å². The SMILES string of the molecule is CCCC1CC(C(=O)Nc2cnn(Cc3ccc(F)cc3)c2)NN1. The minimum atomic E-state index is -0.258. The molecule has 0 saturated carbocycles. The summed E-state index contributed by atoms with van der Waals surface area (Å²) < 4.78 is 14.6. The molecule has 6 nitrogen and oxygen atoms in total. The van der Waals surface area contributed by atoms with Crippen molar-refractivity contribution < 1.29 is 9.18 Å². The molecular weight excluding hydrogens is 309 g/mol. The zero-order valence-electron chi connectivity index (χ0n) is 13.6. The number of nitrogens with one attached hydrogen (secondary N) is 3. The van der Waals surface area contributed by atoms with E-state index in [0.29, 0.717) is 18.3 Å². The second-order valence-corrected chi connectivity index (χ2v) is 6.10. The Morgan fingerprint density at radius 1 is 1.38 bits per heavy atom. The Labute approximate surface area is 140 Å². The number of hydrazine groups is 1. The number of nitrogens with zero attached hydrogens (tertiary/aromatic N) is 2. The van der Waals surface area contributed by atoms with Crippen LogP contribution in [0.25, 0.3) is 0 Å². The number of amides is 1. The van der Waals surface area contributed by atoms with Crippen molar-refractivity contribution >= 4 is 11.6 Å². The predicted molar refractivity (Wildman–Crippen MR) is 89.7 cm³/mol. The van der Waals surface area contributed by atoms with E-state index in [1.165, 1.54) is 12.1 Å². The van der Waals surface area contributed by atoms with Gasteiger partial charge in [0.25, 0.3) is 0 Å². The molecule has 1 amide bonds. The second kappa shape index (κ2) is 7.55. The monoisotopic (exact) mass is 331 g/mol. The Morgan fingerprint density at radius 3 is 2.92 bits per heavy atom. The van der Waals surface area contributed by atoms with Crippen LogP contribution in [0.1, 0.15) is 31.7 Å². The van der Waals surface area contributed by atoms with Gasteiger partial charge in [0, 0.05) is 12.2 Å². The summed E-state index contributed by atoms with van der Waals surface area (Å²) in [6.07, 6.45) is 6.31. The standard InChI is InChI=1S/C17H22FN5O/c1-2-3-14-8-16(22-21-14)17(24)20-15-9-19-23(11-15)10-12-4-6-13(18)7-5-12/h4-7,9,11,14,16,21-22H,2-3,8,10H2,1H3,(H,20,24). The van der Waals surface area contributed by atoms with Gasteiger partial charge < -0.3 is 5.32 Å². The molecule has 1 aliphatic rings. The molecule has 0 aliphatic carbocycles. The van der Waals surface area contributed by atoms with E-state index in [4.69, 9.17) is 0 Å². The summed E-state index contributed by atoms with van der Waals surface area (Å²) in [4.78, 5) is 12.3. The van der Waals surface area contributed by atoms with Gasteiger partial charge in [-0.25, -0.2) is 9.82 Å². The topological polar surface area (TPSA) is 71.0 Å². The first kappa shape index (κ1) is 16.6. The first-order valence-corrected chi connectivity index (χ1v) is 8.23. The zero-order chi connectivity index (χ0) is 16.9. The molecule has 1 aliphatic heterocycles. The van der Waals surface area contributed by atoms with E-state index in [1.54, 1.807) is 29.2 Å². The Kier molecular flexibility index (Phi) is 5.22. The largest absolute Gasteiger partial charge is 0.322 e. The maximum absolute atomic E-state index is 12.9. The van der Waals surface area contributed by atoms with Crippen molar-refractivity contribution in [3.8, 4) is 0 Å². The maximum Gasteiger partial charge on any atom is 0.243 e. The normalized spacial score (nSPS) is 20.2. The van der Waals surface area contributed by atoms with Gasteiger partial charge in [0.15, 0.2) is 0 Å². The summed E-state index contributed by atoms with van der Waals surface area (Å²) in [7, 11) is 0. The molecule has 2 heterocycles. The van der Waals surface area contributed by atoms with Gasteiger partial charge in [-0.1, -0.05) is 25.5 Å². The molecule has 24 heavy (non-hydrogen) atoms. The molecule has 1 fully saturated rings. The lowest BCUT2D eigenvalue weighted by Gasteiger charge is -2.08. The van der Waals surface area contributed by atoms with E-state index in [-0.39, 0.29) is 17.8 Å². The maximum atomic E-state index is 12.9. The fourth-order valence-corrected chi connectivity index (χ4v) is 2.85. The van der Waals surface area contributed by atoms with E-state index >= 15 is 0 Å². The summed E-state index contributed by atoms with van der Waals surface area (Å²) in [5.74, 6) is -0.325. The minimum Gasteiger partial charge on any atom is -0.322 e. The van der Waals surface area contributed by atoms with Crippen molar-refractivity contribution in [2.45, 2.75) is 44.8 Å². The Bertz CT molecular complexity index is 685. The smallest absolute Gasteiger partial charge is 0.243 e. The number of carbonyl (C=O) groups is 1. The van der Waals surface area contributed by atoms with Crippen LogP contribution in [-0.2, 0) is 11.3 Å². The number of anilines is 1. The van der Waals surface area contributed by atoms with Crippen LogP contribution in [0.2, 0.25) is 0 Å². The minimum absolute atomic E-state index is 0.0672. The van der Waals surface area contributed by atoms with Gasteiger partial charge in [0.05, 0.1) is 18.4 Å². The molecule has 0 spiro atoms. The zero-order valence-corrected chi connectivity index (χ0v) is 13.6. The van der Waals surface area contributed by atoms with E-state index < -0.39 is 0 Å². The van der Waals surface area contributed by atoms with Crippen molar-refractivity contribution in [2.24, 2.45) is 0 Å². The number of hydrogen-bond donors (Lipinski definition) is 3. The van der Waals surface area contributed by atoms with E-state index in [1.807, 2.05) is 0 Å². The lowest BCUT2D eigenvalue weighted by molar-refractivity contribution is -0.117. The number of hydrogen-bond acceptors (Lipinski definition) is 4. The highest BCUT2D eigenvalue weighted by atomic mass is 19.1. The lowest BCUT2D eigenvalue weighted by Crippen LogP contribution is -2.40. The summed E-state index contributed by atoms with van der Waals surface area (Å²) >= 11 is 0. The third-order valence-corrected chi connectivity index (χ3v) is 4.09. The van der Waals surface area contributed by atoms with Crippen LogP contribution in [0.15, 0.2) is 36.7 Å². The van der Waals surface area contributed by atoms with Crippen molar-refractivity contribution in [3.63, 3.8) is 0 Å². The van der Waals surface area contributed by atoms with E-state index in [0.717, 1.165) is 24.8 Å². The van der Waals surface area contributed by atoms with E-state index in [2.05, 4.69) is 28.2 Å². The van der Waals surface area contributed by atoms with Crippen molar-refractivity contribution in [1.82, 2.24) is 20.6 Å². The highest BCUT2D eigenvalue weighted by Gasteiger charge is 2.28. The van der Waals surface area contributed by atoms with Gasteiger partial charge in [-0.3, -0.25) is 14.9 Å². The second-order valence-electron chi connectivity index (χ2n) is 6.10. The summed E-state index contributed by atoms with van der Waals surface area (Å²) in [6.45, 7) is 2.66. The van der Waals surface area contributed by atoms with Crippen molar-refractivity contribution in [3.05, 3.63) is 48.0 Å². The first-order chi connectivity index (χ1) is 11.6. The molecule has 1 saturated heterocycles. The molecule has 128 valence electrons. The van der Waals surface area contributed by atoms with Gasteiger partial charge in [0.1, 0.15) is 11.9 Å². The molecule has 3 N–H and O–H groups in total. The fraction of sp³-hybridized carbons (Fsp3) is 0.412. The van der Waals surface area contributed by atoms with Crippen LogP contribution in [0.5, 0.6) is 0 Å². The van der Waals surface area contributed by atoms with Gasteiger partial charge >= 0.3 is 0 Å². The number of halogens is 1. The molecule has 1 aromatic heterocycles. The summed E-state index contributed by atoms with van der Waals surface area (Å²) in [6, 6.07) is 6.39. The molecule has 7 heteroatoms. The Balaban J connectivity index is 1.54. The molecule has 2 aromatic rings. The van der Waals surface area contributed by atoms with Gasteiger partial charge in [-0.2, -0.15) is 5.10 Å². The molecule has 0 radical (unpaired) electrons. The van der Waals surface area contributed by atoms with Crippen LogP contribution in [0, 0.1) is 5.82 Å². The molecule has 0 bridgehead atoms. The van der Waals surface area contributed by atoms with E-state index in [9.17, 15) is 9.18 Å². The Hall–Kier alpha value is -2.25. The molecule has 3 rings (SSSR count). The van der Waals surface area contributed by atoms with Gasteiger partial charge in [-0.05, 0) is 30.5 Å². The van der Waals surface area contributed by atoms with Gasteiger partial charge in [-0.15, -0.1) is 0 Å². The lowest BCUT2D eigenvalue weighted by atomic mass is 10.1. The first-order valence-electron chi connectivity index (χ1n) is 8.23. The van der Waals surface area contributed by atoms with Crippen LogP contribution < -0.4 is 16.2 Å². The van der Waals surface area contributed by atoms with Crippen LogP contribution in [-0.4, -0.2) is 27.8 Å². The number of aromatic nitrogens is 2. The fourth-order valence-electron chi connectivity index (χ4n) is 2.85. The summed E-state index contributed by atoms with van der Waals surface area (Å²) in [5.41, 5.74) is 7.79. The predicted octanol–water partition coefficient (Wildman–Crippen LogP) is 2.04. The van der Waals surface area contributed by atoms with Gasteiger partial charge in [0.2, 0.25) is 5.91 Å². The van der Waals surface area contributed by atoms with Crippen molar-refractivity contribution in [2.75, 3.05) is 5.32 Å². The average molecular weight is 331 g/mol. The highest BCUT2D eigenvalue weighted by Crippen LogP contribution is 2.13. The molecule has 2 atom stereocenters. The molecular formula is C17H22FN5O. The number of rotatable bonds is 6. The molecule has 2 unspecified atom stereocenters. The number of benzene rings is 1. The van der Waals surface area contributed by atoms with Crippen LogP contribution >= 0.6 is 0 Å². The Morgan fingerprint density at radius 2 is 2.17 bits per heavy atom. The van der Waals surface area contributed by atoms with Crippen molar-refractivity contribution in [1.29, 1.82) is 0 Å².